The lowest BCUT2D eigenvalue weighted by Gasteiger charge is -2.24. The number of benzene rings is 2. The molecule has 4 rings (SSSR count). The van der Waals surface area contributed by atoms with E-state index in [-0.39, 0.29) is 35.7 Å². The number of carbonyl (C=O) groups excluding carboxylic acids is 4. The normalized spacial score (nSPS) is 16.4. The summed E-state index contributed by atoms with van der Waals surface area (Å²) < 4.78 is 0. The summed E-state index contributed by atoms with van der Waals surface area (Å²) in [6.07, 6.45) is 18.9. The van der Waals surface area contributed by atoms with E-state index < -0.39 is 0 Å². The minimum absolute atomic E-state index is 0.0421. The van der Waals surface area contributed by atoms with Crippen LogP contribution in [0.1, 0.15) is 147 Å². The Kier molecular flexibility index (Phi) is 23.9. The van der Waals surface area contributed by atoms with Gasteiger partial charge in [-0.25, -0.2) is 0 Å². The Hall–Kier alpha value is -3.76. The Bertz CT molecular complexity index is 1420. The molecule has 0 saturated carbocycles. The molecule has 0 radical (unpaired) electrons. The Labute approximate surface area is 345 Å². The molecule has 2 aliphatic heterocycles. The second kappa shape index (κ2) is 28.6. The lowest BCUT2D eigenvalue weighted by molar-refractivity contribution is -0.138. The first-order valence-electron chi connectivity index (χ1n) is 22.6. The number of hydrogen-bond acceptors (Lipinski definition) is 6. The second-order valence-corrected chi connectivity index (χ2v) is 15.7. The summed E-state index contributed by atoms with van der Waals surface area (Å²) in [5.74, 6) is 0.115. The molecule has 0 aliphatic carbocycles. The number of hydrogen-bond donors (Lipinski definition) is 3. The lowest BCUT2D eigenvalue weighted by atomic mass is 10.0. The van der Waals surface area contributed by atoms with Crippen molar-refractivity contribution in [3.63, 3.8) is 0 Å². The van der Waals surface area contributed by atoms with Crippen LogP contribution in [0.25, 0.3) is 11.1 Å². The van der Waals surface area contributed by atoms with Gasteiger partial charge in [0.25, 0.3) is 5.91 Å². The van der Waals surface area contributed by atoms with E-state index >= 15 is 0 Å². The van der Waals surface area contributed by atoms with Gasteiger partial charge >= 0.3 is 0 Å². The summed E-state index contributed by atoms with van der Waals surface area (Å²) in [4.78, 5) is 56.6. The van der Waals surface area contributed by atoms with Crippen LogP contribution < -0.4 is 16.4 Å². The number of unbranched alkanes of at least 4 members (excludes halogenated alkanes) is 10. The number of rotatable bonds is 25. The molecule has 0 spiro atoms. The number of nitrogens with one attached hydrogen (secondary N) is 2. The second-order valence-electron chi connectivity index (χ2n) is 15.7. The van der Waals surface area contributed by atoms with Gasteiger partial charge in [-0.05, 0) is 107 Å². The summed E-state index contributed by atoms with van der Waals surface area (Å²) in [5.41, 5.74) is 8.31. The molecule has 2 aromatic rings. The Morgan fingerprint density at radius 3 is 1.75 bits per heavy atom. The van der Waals surface area contributed by atoms with Gasteiger partial charge in [-0.3, -0.25) is 19.2 Å². The molecule has 4 amide bonds. The third kappa shape index (κ3) is 17.3. The van der Waals surface area contributed by atoms with E-state index in [1.807, 2.05) is 59.5 Å². The van der Waals surface area contributed by atoms with Crippen LogP contribution in [0.4, 0.5) is 0 Å². The Balaban J connectivity index is 0.000000305. The molecule has 318 valence electrons. The first kappa shape index (κ1) is 47.6. The molecule has 0 unspecified atom stereocenters. The molecule has 2 heterocycles. The van der Waals surface area contributed by atoms with Crippen molar-refractivity contribution in [3.8, 4) is 11.1 Å². The van der Waals surface area contributed by atoms with Gasteiger partial charge in [-0.1, -0.05) is 115 Å². The third-order valence-corrected chi connectivity index (χ3v) is 11.5. The van der Waals surface area contributed by atoms with Crippen LogP contribution in [0.15, 0.2) is 54.6 Å². The van der Waals surface area contributed by atoms with Crippen molar-refractivity contribution in [2.75, 3.05) is 52.4 Å². The molecule has 0 aromatic heterocycles. The molecule has 10 nitrogen and oxygen atoms in total. The van der Waals surface area contributed by atoms with Gasteiger partial charge in [-0.2, -0.15) is 0 Å². The monoisotopic (exact) mass is 789 g/mol. The minimum Gasteiger partial charge on any atom is -0.354 e. The van der Waals surface area contributed by atoms with Crippen LogP contribution in [0, 0.1) is 0 Å². The SMILES string of the molecule is CCCCCCCCCCC(=O)N1CCC[C@@H]1C(=O)NCCCCN(CC)CC.NCCCCCNC(=O)[C@H]1CCCN1C(=O)c1ccc(-c2ccccc2)cc1. The molecule has 2 fully saturated rings. The van der Waals surface area contributed by atoms with Crippen LogP contribution in [0.3, 0.4) is 0 Å². The quantitative estimate of drug-likeness (QED) is 0.0877. The maximum Gasteiger partial charge on any atom is 0.254 e. The summed E-state index contributed by atoms with van der Waals surface area (Å²) in [6.45, 7) is 13.3. The highest BCUT2D eigenvalue weighted by Gasteiger charge is 2.35. The molecule has 4 N–H and O–H groups in total. The van der Waals surface area contributed by atoms with Gasteiger partial charge in [0.05, 0.1) is 0 Å². The number of amides is 4. The molecule has 0 bridgehead atoms. The van der Waals surface area contributed by atoms with E-state index in [1.165, 1.54) is 38.5 Å². The fourth-order valence-electron chi connectivity index (χ4n) is 7.88. The van der Waals surface area contributed by atoms with Crippen molar-refractivity contribution >= 4 is 23.6 Å². The van der Waals surface area contributed by atoms with Crippen LogP contribution in [-0.4, -0.2) is 103 Å². The van der Waals surface area contributed by atoms with Crippen LogP contribution in [0.2, 0.25) is 0 Å². The highest BCUT2D eigenvalue weighted by Crippen LogP contribution is 2.24. The molecule has 2 aliphatic rings. The minimum atomic E-state index is -0.365. The van der Waals surface area contributed by atoms with Gasteiger partial charge in [0, 0.05) is 38.2 Å². The Morgan fingerprint density at radius 2 is 1.16 bits per heavy atom. The highest BCUT2D eigenvalue weighted by molar-refractivity contribution is 5.98. The number of nitrogens with zero attached hydrogens (tertiary/aromatic N) is 3. The Morgan fingerprint density at radius 1 is 0.632 bits per heavy atom. The highest BCUT2D eigenvalue weighted by atomic mass is 16.2. The smallest absolute Gasteiger partial charge is 0.254 e. The lowest BCUT2D eigenvalue weighted by Crippen LogP contribution is -2.46. The zero-order valence-corrected chi connectivity index (χ0v) is 35.8. The van der Waals surface area contributed by atoms with E-state index in [4.69, 9.17) is 5.73 Å². The van der Waals surface area contributed by atoms with Crippen molar-refractivity contribution in [3.05, 3.63) is 60.2 Å². The van der Waals surface area contributed by atoms with Crippen molar-refractivity contribution in [1.29, 1.82) is 0 Å². The van der Waals surface area contributed by atoms with Gasteiger partial charge < -0.3 is 31.1 Å². The summed E-state index contributed by atoms with van der Waals surface area (Å²) in [6, 6.07) is 17.1. The molecule has 2 atom stereocenters. The molecular weight excluding hydrogens is 713 g/mol. The van der Waals surface area contributed by atoms with Crippen molar-refractivity contribution < 1.29 is 19.2 Å². The predicted octanol–water partition coefficient (Wildman–Crippen LogP) is 7.95. The van der Waals surface area contributed by atoms with Crippen LogP contribution in [-0.2, 0) is 14.4 Å². The van der Waals surface area contributed by atoms with Crippen molar-refractivity contribution in [2.45, 2.75) is 148 Å². The largest absolute Gasteiger partial charge is 0.354 e. The average Bonchev–Trinajstić information content (AvgIpc) is 3.95. The number of carbonyl (C=O) groups is 4. The van der Waals surface area contributed by atoms with Crippen LogP contribution in [0.5, 0.6) is 0 Å². The molecule has 2 aromatic carbocycles. The first-order chi connectivity index (χ1) is 27.8. The zero-order chi connectivity index (χ0) is 41.1. The van der Waals surface area contributed by atoms with E-state index in [0.29, 0.717) is 31.6 Å². The van der Waals surface area contributed by atoms with E-state index in [2.05, 4.69) is 36.3 Å². The summed E-state index contributed by atoms with van der Waals surface area (Å²) in [7, 11) is 0. The maximum atomic E-state index is 13.0. The van der Waals surface area contributed by atoms with Gasteiger partial charge in [0.1, 0.15) is 12.1 Å². The molecule has 10 heteroatoms. The number of nitrogens with two attached hydrogens (primary N) is 1. The van der Waals surface area contributed by atoms with Gasteiger partial charge in [0.15, 0.2) is 0 Å². The molecule has 57 heavy (non-hydrogen) atoms. The van der Waals surface area contributed by atoms with Gasteiger partial charge in [-0.15, -0.1) is 0 Å². The topological polar surface area (TPSA) is 128 Å². The zero-order valence-electron chi connectivity index (χ0n) is 35.8. The molecule has 2 saturated heterocycles. The number of likely N-dealkylation sites (tertiary alicyclic amines) is 2. The average molecular weight is 789 g/mol. The van der Waals surface area contributed by atoms with Gasteiger partial charge in [0.2, 0.25) is 17.7 Å². The van der Waals surface area contributed by atoms with Crippen molar-refractivity contribution in [1.82, 2.24) is 25.3 Å². The van der Waals surface area contributed by atoms with Crippen molar-refractivity contribution in [2.24, 2.45) is 5.73 Å². The summed E-state index contributed by atoms with van der Waals surface area (Å²) >= 11 is 0. The standard InChI is InChI=1S/C24H47N3O2.C23H29N3O2/c1-4-7-8-9-10-11-12-13-18-23(28)27-21-16-17-22(27)24(29)25-19-14-15-20-26(5-2)6-3;24-15-5-2-6-16-25-22(27)21-10-7-17-26(21)23(28)20-13-11-19(12-14-20)18-8-3-1-4-9-18/h22H,4-21H2,1-3H3,(H,25,29);1,3-4,8-9,11-14,21H,2,5-7,10,15-17,24H2,(H,25,27)/t22-;21-/m11/s1. The van der Waals surface area contributed by atoms with E-state index in [9.17, 15) is 19.2 Å². The third-order valence-electron chi connectivity index (χ3n) is 11.5. The summed E-state index contributed by atoms with van der Waals surface area (Å²) in [5, 5.41) is 6.05. The molecular formula is C47H76N6O4. The van der Waals surface area contributed by atoms with E-state index in [0.717, 1.165) is 114 Å². The fourth-order valence-corrected chi connectivity index (χ4v) is 7.88. The predicted molar refractivity (Wildman–Crippen MR) is 234 cm³/mol. The van der Waals surface area contributed by atoms with Crippen LogP contribution >= 0.6 is 0 Å². The first-order valence-corrected chi connectivity index (χ1v) is 22.6. The van der Waals surface area contributed by atoms with E-state index in [1.54, 1.807) is 4.90 Å². The maximum absolute atomic E-state index is 13.0. The fraction of sp³-hybridized carbons (Fsp3) is 0.660.